The van der Waals surface area contributed by atoms with E-state index in [0.29, 0.717) is 6.54 Å². The van der Waals surface area contributed by atoms with Gasteiger partial charge in [0.25, 0.3) is 0 Å². The fourth-order valence-corrected chi connectivity index (χ4v) is 2.87. The second-order valence-corrected chi connectivity index (χ2v) is 7.13. The zero-order valence-corrected chi connectivity index (χ0v) is 11.6. The molecule has 0 unspecified atom stereocenters. The lowest BCUT2D eigenvalue weighted by molar-refractivity contribution is 0.0696. The van der Waals surface area contributed by atoms with Crippen LogP contribution in [-0.4, -0.2) is 44.6 Å². The summed E-state index contributed by atoms with van der Waals surface area (Å²) in [6.07, 6.45) is 2.98. The van der Waals surface area contributed by atoms with Crippen molar-refractivity contribution in [2.75, 3.05) is 30.0 Å². The van der Waals surface area contributed by atoms with E-state index >= 15 is 0 Å². The summed E-state index contributed by atoms with van der Waals surface area (Å²) < 4.78 is 22.4. The second kappa shape index (κ2) is 5.21. The van der Waals surface area contributed by atoms with Crippen molar-refractivity contribution in [3.8, 4) is 0 Å². The Labute approximate surface area is 112 Å². The number of nitrogens with zero attached hydrogens (tertiary/aromatic N) is 1. The first-order chi connectivity index (χ1) is 8.87. The number of sulfone groups is 1. The van der Waals surface area contributed by atoms with Gasteiger partial charge in [0.05, 0.1) is 11.3 Å². The molecule has 0 aromatic heterocycles. The van der Waals surface area contributed by atoms with Crippen molar-refractivity contribution in [1.29, 1.82) is 0 Å². The van der Waals surface area contributed by atoms with Crippen LogP contribution in [0.25, 0.3) is 0 Å². The van der Waals surface area contributed by atoms with Gasteiger partial charge in [-0.15, -0.1) is 0 Å². The standard InChI is InChI=1S/C13H17NO4S/c1-19(17,18)8-7-14-6-2-3-10-9-11(13(15)16)4-5-12(10)14/h4-5,9H,2-3,6-8H2,1H3,(H,15,16). The molecule has 1 aliphatic heterocycles. The molecule has 5 nitrogen and oxygen atoms in total. The number of benzene rings is 1. The van der Waals surface area contributed by atoms with Crippen LogP contribution < -0.4 is 4.90 Å². The van der Waals surface area contributed by atoms with Gasteiger partial charge in [0, 0.05) is 25.0 Å². The summed E-state index contributed by atoms with van der Waals surface area (Å²) >= 11 is 0. The highest BCUT2D eigenvalue weighted by Crippen LogP contribution is 2.27. The fourth-order valence-electron chi connectivity index (χ4n) is 2.32. The summed E-state index contributed by atoms with van der Waals surface area (Å²) in [5.41, 5.74) is 2.23. The van der Waals surface area contributed by atoms with E-state index in [9.17, 15) is 13.2 Å². The summed E-state index contributed by atoms with van der Waals surface area (Å²) in [6, 6.07) is 5.03. The number of carboxylic acids is 1. The summed E-state index contributed by atoms with van der Waals surface area (Å²) in [6.45, 7) is 1.27. The van der Waals surface area contributed by atoms with Crippen LogP contribution in [0.5, 0.6) is 0 Å². The van der Waals surface area contributed by atoms with Crippen molar-refractivity contribution in [3.05, 3.63) is 29.3 Å². The van der Waals surface area contributed by atoms with Gasteiger partial charge < -0.3 is 10.0 Å². The van der Waals surface area contributed by atoms with E-state index in [-0.39, 0.29) is 11.3 Å². The maximum absolute atomic E-state index is 11.2. The zero-order chi connectivity index (χ0) is 14.0. The van der Waals surface area contributed by atoms with Crippen LogP contribution in [0.3, 0.4) is 0 Å². The molecule has 0 atom stereocenters. The Morgan fingerprint density at radius 3 is 2.79 bits per heavy atom. The number of hydrogen-bond acceptors (Lipinski definition) is 4. The molecule has 0 amide bonds. The van der Waals surface area contributed by atoms with Crippen LogP contribution in [0.4, 0.5) is 5.69 Å². The Bertz CT molecular complexity index is 595. The van der Waals surface area contributed by atoms with Gasteiger partial charge in [-0.1, -0.05) is 0 Å². The normalized spacial score (nSPS) is 15.1. The van der Waals surface area contributed by atoms with Gasteiger partial charge in [-0.25, -0.2) is 13.2 Å². The van der Waals surface area contributed by atoms with Crippen molar-refractivity contribution >= 4 is 21.5 Å². The molecule has 0 radical (unpaired) electrons. The van der Waals surface area contributed by atoms with E-state index in [2.05, 4.69) is 0 Å². The van der Waals surface area contributed by atoms with Gasteiger partial charge in [0.15, 0.2) is 0 Å². The maximum Gasteiger partial charge on any atom is 0.335 e. The summed E-state index contributed by atoms with van der Waals surface area (Å²) in [7, 11) is -2.98. The molecule has 0 bridgehead atoms. The zero-order valence-electron chi connectivity index (χ0n) is 10.8. The second-order valence-electron chi connectivity index (χ2n) is 4.87. The lowest BCUT2D eigenvalue weighted by Crippen LogP contribution is -2.33. The number of hydrogen-bond donors (Lipinski definition) is 1. The minimum absolute atomic E-state index is 0.118. The molecule has 6 heteroatoms. The highest BCUT2D eigenvalue weighted by Gasteiger charge is 2.19. The minimum atomic E-state index is -2.98. The first-order valence-corrected chi connectivity index (χ1v) is 8.22. The van der Waals surface area contributed by atoms with Crippen molar-refractivity contribution in [2.24, 2.45) is 0 Å². The Hall–Kier alpha value is -1.56. The van der Waals surface area contributed by atoms with Crippen molar-refractivity contribution in [1.82, 2.24) is 0 Å². The predicted molar refractivity (Wildman–Crippen MR) is 73.6 cm³/mol. The first-order valence-electron chi connectivity index (χ1n) is 6.16. The largest absolute Gasteiger partial charge is 0.478 e. The molecule has 0 saturated heterocycles. The smallest absolute Gasteiger partial charge is 0.335 e. The SMILES string of the molecule is CS(=O)(=O)CCN1CCCc2cc(C(=O)O)ccc21. The average molecular weight is 283 g/mol. The topological polar surface area (TPSA) is 74.7 Å². The highest BCUT2D eigenvalue weighted by molar-refractivity contribution is 7.90. The number of aryl methyl sites for hydroxylation is 1. The van der Waals surface area contributed by atoms with Crippen LogP contribution in [0, 0.1) is 0 Å². The molecule has 0 saturated carbocycles. The van der Waals surface area contributed by atoms with E-state index in [1.54, 1.807) is 18.2 Å². The number of rotatable bonds is 4. The minimum Gasteiger partial charge on any atom is -0.478 e. The maximum atomic E-state index is 11.2. The lowest BCUT2D eigenvalue weighted by atomic mass is 9.99. The van der Waals surface area contributed by atoms with Gasteiger partial charge in [-0.3, -0.25) is 0 Å². The van der Waals surface area contributed by atoms with Gasteiger partial charge in [-0.2, -0.15) is 0 Å². The molecular formula is C13H17NO4S. The molecule has 1 aliphatic rings. The van der Waals surface area contributed by atoms with Crippen molar-refractivity contribution in [2.45, 2.75) is 12.8 Å². The number of fused-ring (bicyclic) bond motifs is 1. The average Bonchev–Trinajstić information content (AvgIpc) is 2.34. The number of anilines is 1. The first kappa shape index (κ1) is 13.9. The summed E-state index contributed by atoms with van der Waals surface area (Å²) in [5, 5.41) is 8.97. The third kappa shape index (κ3) is 3.47. The molecular weight excluding hydrogens is 266 g/mol. The van der Waals surface area contributed by atoms with Crippen LogP contribution in [0.1, 0.15) is 22.3 Å². The molecule has 0 spiro atoms. The van der Waals surface area contributed by atoms with Crippen LogP contribution in [0.2, 0.25) is 0 Å². The third-order valence-electron chi connectivity index (χ3n) is 3.27. The third-order valence-corrected chi connectivity index (χ3v) is 4.20. The van der Waals surface area contributed by atoms with Gasteiger partial charge >= 0.3 is 5.97 Å². The molecule has 1 aromatic carbocycles. The molecule has 19 heavy (non-hydrogen) atoms. The number of aromatic carboxylic acids is 1. The number of carbonyl (C=O) groups is 1. The molecule has 2 rings (SSSR count). The Morgan fingerprint density at radius 2 is 2.16 bits per heavy atom. The Morgan fingerprint density at radius 1 is 1.42 bits per heavy atom. The van der Waals surface area contributed by atoms with Crippen LogP contribution in [0.15, 0.2) is 18.2 Å². The number of carboxylic acid groups (broad SMARTS) is 1. The van der Waals surface area contributed by atoms with Gasteiger partial charge in [-0.05, 0) is 36.6 Å². The monoisotopic (exact) mass is 283 g/mol. The Balaban J connectivity index is 2.22. The molecule has 0 fully saturated rings. The molecule has 0 aliphatic carbocycles. The van der Waals surface area contributed by atoms with Crippen molar-refractivity contribution < 1.29 is 18.3 Å². The van der Waals surface area contributed by atoms with E-state index in [1.807, 2.05) is 4.90 Å². The fraction of sp³-hybridized carbons (Fsp3) is 0.462. The van der Waals surface area contributed by atoms with E-state index in [0.717, 1.165) is 30.6 Å². The lowest BCUT2D eigenvalue weighted by Gasteiger charge is -2.31. The molecule has 104 valence electrons. The van der Waals surface area contributed by atoms with Crippen LogP contribution >= 0.6 is 0 Å². The van der Waals surface area contributed by atoms with Crippen LogP contribution in [-0.2, 0) is 16.3 Å². The molecule has 1 heterocycles. The van der Waals surface area contributed by atoms with Gasteiger partial charge in [0.1, 0.15) is 9.84 Å². The van der Waals surface area contributed by atoms with Crippen molar-refractivity contribution in [3.63, 3.8) is 0 Å². The van der Waals surface area contributed by atoms with E-state index in [1.165, 1.54) is 6.26 Å². The quantitative estimate of drug-likeness (QED) is 0.898. The molecule has 1 aromatic rings. The van der Waals surface area contributed by atoms with Gasteiger partial charge in [0.2, 0.25) is 0 Å². The van der Waals surface area contributed by atoms with E-state index in [4.69, 9.17) is 5.11 Å². The van der Waals surface area contributed by atoms with E-state index < -0.39 is 15.8 Å². The summed E-state index contributed by atoms with van der Waals surface area (Å²) in [5.74, 6) is -0.816. The highest BCUT2D eigenvalue weighted by atomic mass is 32.2. The predicted octanol–water partition coefficient (Wildman–Crippen LogP) is 1.18. The molecule has 1 N–H and O–H groups in total. The summed E-state index contributed by atoms with van der Waals surface area (Å²) in [4.78, 5) is 13.0. The Kier molecular flexibility index (Phi) is 3.80.